The van der Waals surface area contributed by atoms with E-state index in [2.05, 4.69) is 15.9 Å². The van der Waals surface area contributed by atoms with Crippen molar-refractivity contribution >= 4 is 15.9 Å². The van der Waals surface area contributed by atoms with E-state index in [0.29, 0.717) is 0 Å². The molecule has 2 N–H and O–H groups in total. The van der Waals surface area contributed by atoms with Gasteiger partial charge in [0.1, 0.15) is 11.6 Å². The first-order valence-electron chi connectivity index (χ1n) is 5.15. The number of nitrogens with two attached hydrogens (primary N) is 1. The minimum Gasteiger partial charge on any atom is -0.327 e. The number of hydrogen-bond acceptors (Lipinski definition) is 1. The zero-order valence-corrected chi connectivity index (χ0v) is 10.8. The fourth-order valence-corrected chi connectivity index (χ4v) is 1.84. The summed E-state index contributed by atoms with van der Waals surface area (Å²) < 4.78 is 62.8. The third-order valence-corrected chi connectivity index (χ3v) is 3.02. The molecule has 0 aliphatic heterocycles. The third kappa shape index (κ3) is 4.53. The first kappa shape index (κ1) is 15.4. The second-order valence-corrected chi connectivity index (χ2v) is 4.79. The molecular formula is C11H11BrF5N. The van der Waals surface area contributed by atoms with Crippen LogP contribution in [0.3, 0.4) is 0 Å². The standard InChI is InChI=1S/C11H11BrF5N/c12-8-1-2-9(13)7(10(8)14)5-6(18)3-4-11(15,16)17/h1-2,6H,3-5,18H2. The van der Waals surface area contributed by atoms with E-state index in [-0.39, 0.29) is 22.9 Å². The molecule has 1 atom stereocenters. The van der Waals surface area contributed by atoms with E-state index in [9.17, 15) is 22.0 Å². The predicted molar refractivity (Wildman–Crippen MR) is 61.0 cm³/mol. The van der Waals surface area contributed by atoms with Crippen molar-refractivity contribution in [1.82, 2.24) is 0 Å². The van der Waals surface area contributed by atoms with Gasteiger partial charge in [0.2, 0.25) is 0 Å². The van der Waals surface area contributed by atoms with E-state index in [4.69, 9.17) is 5.73 Å². The van der Waals surface area contributed by atoms with E-state index in [1.165, 1.54) is 6.07 Å². The van der Waals surface area contributed by atoms with Gasteiger partial charge >= 0.3 is 6.18 Å². The van der Waals surface area contributed by atoms with Crippen molar-refractivity contribution in [2.45, 2.75) is 31.5 Å². The van der Waals surface area contributed by atoms with E-state index in [1.807, 2.05) is 0 Å². The van der Waals surface area contributed by atoms with Crippen molar-refractivity contribution < 1.29 is 22.0 Å². The molecule has 0 aliphatic rings. The van der Waals surface area contributed by atoms with Crippen molar-refractivity contribution in [3.05, 3.63) is 33.8 Å². The first-order chi connectivity index (χ1) is 8.20. The van der Waals surface area contributed by atoms with Gasteiger partial charge in [-0.2, -0.15) is 13.2 Å². The van der Waals surface area contributed by atoms with Crippen molar-refractivity contribution in [3.8, 4) is 0 Å². The van der Waals surface area contributed by atoms with Crippen molar-refractivity contribution in [3.63, 3.8) is 0 Å². The Morgan fingerprint density at radius 3 is 2.39 bits per heavy atom. The van der Waals surface area contributed by atoms with Crippen LogP contribution in [0.1, 0.15) is 18.4 Å². The van der Waals surface area contributed by atoms with Gasteiger partial charge in [-0.15, -0.1) is 0 Å². The third-order valence-electron chi connectivity index (χ3n) is 2.40. The van der Waals surface area contributed by atoms with Crippen molar-refractivity contribution in [2.24, 2.45) is 5.73 Å². The highest BCUT2D eigenvalue weighted by Crippen LogP contribution is 2.25. The fourth-order valence-electron chi connectivity index (χ4n) is 1.47. The molecule has 7 heteroatoms. The summed E-state index contributed by atoms with van der Waals surface area (Å²) >= 11 is 2.88. The lowest BCUT2D eigenvalue weighted by molar-refractivity contribution is -0.136. The van der Waals surface area contributed by atoms with E-state index in [1.54, 1.807) is 0 Å². The SMILES string of the molecule is NC(CCC(F)(F)F)Cc1c(F)ccc(Br)c1F. The summed E-state index contributed by atoms with van der Waals surface area (Å²) in [5.74, 6) is -1.63. The van der Waals surface area contributed by atoms with Crippen molar-refractivity contribution in [1.29, 1.82) is 0 Å². The van der Waals surface area contributed by atoms with Gasteiger partial charge < -0.3 is 5.73 Å². The Balaban J connectivity index is 2.70. The topological polar surface area (TPSA) is 26.0 Å². The Morgan fingerprint density at radius 2 is 1.83 bits per heavy atom. The molecule has 0 saturated heterocycles. The summed E-state index contributed by atoms with van der Waals surface area (Å²) in [4.78, 5) is 0. The molecule has 0 aromatic heterocycles. The van der Waals surface area contributed by atoms with Crippen LogP contribution in [0.2, 0.25) is 0 Å². The lowest BCUT2D eigenvalue weighted by Crippen LogP contribution is -2.26. The second kappa shape index (κ2) is 5.97. The number of benzene rings is 1. The second-order valence-electron chi connectivity index (χ2n) is 3.94. The fraction of sp³-hybridized carbons (Fsp3) is 0.455. The Hall–Kier alpha value is -0.690. The highest BCUT2D eigenvalue weighted by molar-refractivity contribution is 9.10. The van der Waals surface area contributed by atoms with Crippen LogP contribution in [0.25, 0.3) is 0 Å². The molecule has 0 saturated carbocycles. The number of halogens is 6. The zero-order valence-electron chi connectivity index (χ0n) is 9.20. The Kier molecular flexibility index (Phi) is 5.10. The monoisotopic (exact) mass is 331 g/mol. The van der Waals surface area contributed by atoms with Gasteiger partial charge in [0.25, 0.3) is 0 Å². The molecule has 0 amide bonds. The lowest BCUT2D eigenvalue weighted by Gasteiger charge is -2.14. The molecule has 0 aliphatic carbocycles. The summed E-state index contributed by atoms with van der Waals surface area (Å²) in [5, 5.41) is 0. The van der Waals surface area contributed by atoms with Gasteiger partial charge in [0.05, 0.1) is 4.47 Å². The molecule has 0 fully saturated rings. The van der Waals surface area contributed by atoms with Gasteiger partial charge in [-0.05, 0) is 40.9 Å². The zero-order chi connectivity index (χ0) is 13.9. The van der Waals surface area contributed by atoms with Crippen LogP contribution in [-0.4, -0.2) is 12.2 Å². The molecular weight excluding hydrogens is 321 g/mol. The molecule has 0 heterocycles. The molecule has 1 rings (SSSR count). The largest absolute Gasteiger partial charge is 0.389 e. The minimum absolute atomic E-state index is 0.0573. The highest BCUT2D eigenvalue weighted by Gasteiger charge is 2.28. The summed E-state index contributed by atoms with van der Waals surface area (Å²) in [6.07, 6.45) is -6.01. The van der Waals surface area contributed by atoms with Gasteiger partial charge in [-0.1, -0.05) is 0 Å². The molecule has 1 unspecified atom stereocenters. The van der Waals surface area contributed by atoms with Gasteiger partial charge in [0.15, 0.2) is 0 Å². The number of hydrogen-bond donors (Lipinski definition) is 1. The molecule has 0 bridgehead atoms. The lowest BCUT2D eigenvalue weighted by atomic mass is 10.0. The summed E-state index contributed by atoms with van der Waals surface area (Å²) in [6.45, 7) is 0. The molecule has 102 valence electrons. The van der Waals surface area contributed by atoms with Crippen LogP contribution in [0.15, 0.2) is 16.6 Å². The van der Waals surface area contributed by atoms with E-state index < -0.39 is 30.3 Å². The minimum atomic E-state index is -4.31. The van der Waals surface area contributed by atoms with E-state index in [0.717, 1.165) is 6.07 Å². The quantitative estimate of drug-likeness (QED) is 0.656. The van der Waals surface area contributed by atoms with Crippen LogP contribution >= 0.6 is 15.9 Å². The molecule has 18 heavy (non-hydrogen) atoms. The number of alkyl halides is 3. The highest BCUT2D eigenvalue weighted by atomic mass is 79.9. The molecule has 1 nitrogen and oxygen atoms in total. The van der Waals surface area contributed by atoms with Crippen molar-refractivity contribution in [2.75, 3.05) is 0 Å². The predicted octanol–water partition coefficient (Wildman–Crippen LogP) is 3.94. The first-order valence-corrected chi connectivity index (χ1v) is 5.94. The van der Waals surface area contributed by atoms with Gasteiger partial charge in [0, 0.05) is 18.0 Å². The van der Waals surface area contributed by atoms with Crippen LogP contribution in [0, 0.1) is 11.6 Å². The maximum atomic E-state index is 13.5. The summed E-state index contributed by atoms with van der Waals surface area (Å²) in [7, 11) is 0. The van der Waals surface area contributed by atoms with E-state index >= 15 is 0 Å². The maximum absolute atomic E-state index is 13.5. The average molecular weight is 332 g/mol. The van der Waals surface area contributed by atoms with Crippen LogP contribution in [0.5, 0.6) is 0 Å². The summed E-state index contributed by atoms with van der Waals surface area (Å²) in [5.41, 5.74) is 5.16. The maximum Gasteiger partial charge on any atom is 0.389 e. The molecule has 0 spiro atoms. The van der Waals surface area contributed by atoms with Crippen LogP contribution in [-0.2, 0) is 6.42 Å². The normalized spacial score (nSPS) is 13.7. The molecule has 0 radical (unpaired) electrons. The van der Waals surface area contributed by atoms with Gasteiger partial charge in [-0.3, -0.25) is 0 Å². The smallest absolute Gasteiger partial charge is 0.327 e. The van der Waals surface area contributed by atoms with Crippen LogP contribution in [0.4, 0.5) is 22.0 Å². The summed E-state index contributed by atoms with van der Waals surface area (Å²) in [6, 6.07) is 1.29. The van der Waals surface area contributed by atoms with Crippen LogP contribution < -0.4 is 5.73 Å². The Bertz CT molecular complexity index is 419. The molecule has 1 aromatic rings. The molecule has 1 aromatic carbocycles. The Morgan fingerprint density at radius 1 is 1.22 bits per heavy atom. The Labute approximate surface area is 109 Å². The van der Waals surface area contributed by atoms with Gasteiger partial charge in [-0.25, -0.2) is 8.78 Å². The number of rotatable bonds is 4. The average Bonchev–Trinajstić information content (AvgIpc) is 2.26.